The predicted molar refractivity (Wildman–Crippen MR) is 121 cm³/mol. The highest BCUT2D eigenvalue weighted by Crippen LogP contribution is 2.18. The van der Waals surface area contributed by atoms with Crippen LogP contribution in [0.25, 0.3) is 0 Å². The lowest BCUT2D eigenvalue weighted by Crippen LogP contribution is -2.24. The van der Waals surface area contributed by atoms with Crippen LogP contribution in [0.2, 0.25) is 0 Å². The van der Waals surface area contributed by atoms with Crippen molar-refractivity contribution in [2.24, 2.45) is 0 Å². The molecule has 0 radical (unpaired) electrons. The molecule has 2 N–H and O–H groups in total. The number of ether oxygens (including phenoxy) is 2. The molecule has 0 spiro atoms. The molecule has 0 saturated carbocycles. The highest BCUT2D eigenvalue weighted by atomic mass is 16.5. The van der Waals surface area contributed by atoms with Crippen LogP contribution in [0.15, 0.2) is 72.8 Å². The second kappa shape index (κ2) is 10.8. The second-order valence-electron chi connectivity index (χ2n) is 7.04. The minimum atomic E-state index is -0.457. The van der Waals surface area contributed by atoms with E-state index in [2.05, 4.69) is 10.6 Å². The van der Waals surface area contributed by atoms with Gasteiger partial charge in [-0.2, -0.15) is 0 Å². The van der Waals surface area contributed by atoms with Crippen molar-refractivity contribution in [3.05, 3.63) is 89.5 Å². The van der Waals surface area contributed by atoms with E-state index in [0.717, 1.165) is 11.1 Å². The number of nitrogens with one attached hydrogen (secondary N) is 2. The standard InChI is InChI=1S/C25H24N2O5/c1-17(28)32-22-11-6-9-19(15-22)25(30)26-16-20-8-3-4-12-23(20)27-24(29)14-18-7-5-10-21(13-18)31-2/h3-13,15H,14,16H2,1-2H3,(H,26,30)(H,27,29). The zero-order chi connectivity index (χ0) is 22.9. The van der Waals surface area contributed by atoms with Gasteiger partial charge in [0.15, 0.2) is 0 Å². The molecule has 0 aliphatic rings. The number of benzene rings is 3. The van der Waals surface area contributed by atoms with Gasteiger partial charge in [0.1, 0.15) is 11.5 Å². The minimum Gasteiger partial charge on any atom is -0.497 e. The molecule has 2 amide bonds. The van der Waals surface area contributed by atoms with E-state index in [-0.39, 0.29) is 24.8 Å². The Balaban J connectivity index is 1.63. The predicted octanol–water partition coefficient (Wildman–Crippen LogP) is 3.73. The third-order valence-electron chi connectivity index (χ3n) is 4.59. The van der Waals surface area contributed by atoms with E-state index in [9.17, 15) is 14.4 Å². The third-order valence-corrected chi connectivity index (χ3v) is 4.59. The Morgan fingerprint density at radius 1 is 0.875 bits per heavy atom. The van der Waals surface area contributed by atoms with Crippen LogP contribution in [-0.2, 0) is 22.6 Å². The van der Waals surface area contributed by atoms with Gasteiger partial charge in [-0.05, 0) is 47.5 Å². The van der Waals surface area contributed by atoms with Gasteiger partial charge in [0.25, 0.3) is 5.91 Å². The highest BCUT2D eigenvalue weighted by Gasteiger charge is 2.11. The molecule has 164 valence electrons. The van der Waals surface area contributed by atoms with Gasteiger partial charge in [0.2, 0.25) is 5.91 Å². The summed E-state index contributed by atoms with van der Waals surface area (Å²) in [6, 6.07) is 21.0. The Morgan fingerprint density at radius 2 is 1.62 bits per heavy atom. The molecule has 3 aromatic carbocycles. The van der Waals surface area contributed by atoms with Gasteiger partial charge < -0.3 is 20.1 Å². The van der Waals surface area contributed by atoms with E-state index in [4.69, 9.17) is 9.47 Å². The molecule has 0 unspecified atom stereocenters. The average Bonchev–Trinajstić information content (AvgIpc) is 2.78. The minimum absolute atomic E-state index is 0.175. The molecule has 0 aromatic heterocycles. The molecule has 32 heavy (non-hydrogen) atoms. The number of hydrogen-bond donors (Lipinski definition) is 2. The highest BCUT2D eigenvalue weighted by molar-refractivity contribution is 5.95. The molecule has 7 heteroatoms. The molecular formula is C25H24N2O5. The van der Waals surface area contributed by atoms with Gasteiger partial charge >= 0.3 is 5.97 Å². The molecule has 0 saturated heterocycles. The SMILES string of the molecule is COc1cccc(CC(=O)Nc2ccccc2CNC(=O)c2cccc(OC(C)=O)c2)c1. The smallest absolute Gasteiger partial charge is 0.308 e. The zero-order valence-corrected chi connectivity index (χ0v) is 17.9. The van der Waals surface area contributed by atoms with Crippen LogP contribution in [0.5, 0.6) is 11.5 Å². The van der Waals surface area contributed by atoms with Crippen LogP contribution in [0.3, 0.4) is 0 Å². The van der Waals surface area contributed by atoms with Crippen LogP contribution in [-0.4, -0.2) is 24.9 Å². The van der Waals surface area contributed by atoms with Gasteiger partial charge in [0, 0.05) is 24.7 Å². The molecular weight excluding hydrogens is 408 g/mol. The molecule has 0 heterocycles. The van der Waals surface area contributed by atoms with Crippen molar-refractivity contribution in [1.82, 2.24) is 5.32 Å². The number of hydrogen-bond acceptors (Lipinski definition) is 5. The Labute approximate surface area is 186 Å². The van der Waals surface area contributed by atoms with E-state index in [1.54, 1.807) is 31.4 Å². The molecule has 3 rings (SSSR count). The van der Waals surface area contributed by atoms with Crippen molar-refractivity contribution in [2.45, 2.75) is 19.9 Å². The first-order chi connectivity index (χ1) is 15.4. The summed E-state index contributed by atoms with van der Waals surface area (Å²) in [6.07, 6.45) is 0.195. The molecule has 0 aliphatic carbocycles. The molecule has 0 fully saturated rings. The summed E-state index contributed by atoms with van der Waals surface area (Å²) in [5.74, 6) is 0.0374. The van der Waals surface area contributed by atoms with E-state index in [1.165, 1.54) is 13.0 Å². The largest absolute Gasteiger partial charge is 0.497 e. The van der Waals surface area contributed by atoms with E-state index < -0.39 is 5.97 Å². The summed E-state index contributed by atoms with van der Waals surface area (Å²) in [7, 11) is 1.58. The number of para-hydroxylation sites is 1. The molecule has 3 aromatic rings. The molecule has 0 bridgehead atoms. The van der Waals surface area contributed by atoms with Gasteiger partial charge in [-0.1, -0.05) is 36.4 Å². The maximum absolute atomic E-state index is 12.5. The number of carbonyl (C=O) groups excluding carboxylic acids is 3. The van der Waals surface area contributed by atoms with Gasteiger partial charge in [-0.3, -0.25) is 14.4 Å². The summed E-state index contributed by atoms with van der Waals surface area (Å²) >= 11 is 0. The molecule has 0 aliphatic heterocycles. The van der Waals surface area contributed by atoms with Crippen LogP contribution < -0.4 is 20.1 Å². The van der Waals surface area contributed by atoms with Crippen molar-refractivity contribution in [1.29, 1.82) is 0 Å². The Kier molecular flexibility index (Phi) is 7.59. The first-order valence-electron chi connectivity index (χ1n) is 10.0. The van der Waals surface area contributed by atoms with Crippen LogP contribution >= 0.6 is 0 Å². The number of carbonyl (C=O) groups is 3. The van der Waals surface area contributed by atoms with Gasteiger partial charge in [0.05, 0.1) is 13.5 Å². The Bertz CT molecular complexity index is 1130. The normalized spacial score (nSPS) is 10.2. The first-order valence-corrected chi connectivity index (χ1v) is 10.0. The van der Waals surface area contributed by atoms with Crippen molar-refractivity contribution in [3.63, 3.8) is 0 Å². The van der Waals surface area contributed by atoms with Crippen molar-refractivity contribution in [2.75, 3.05) is 12.4 Å². The van der Waals surface area contributed by atoms with Crippen LogP contribution in [0.1, 0.15) is 28.4 Å². The summed E-state index contributed by atoms with van der Waals surface area (Å²) < 4.78 is 10.2. The first kappa shape index (κ1) is 22.6. The molecule has 7 nitrogen and oxygen atoms in total. The average molecular weight is 432 g/mol. The summed E-state index contributed by atoms with van der Waals surface area (Å²) in [5.41, 5.74) is 2.58. The fourth-order valence-corrected chi connectivity index (χ4v) is 3.10. The van der Waals surface area contributed by atoms with Crippen molar-refractivity contribution < 1.29 is 23.9 Å². The number of amides is 2. The van der Waals surface area contributed by atoms with E-state index in [0.29, 0.717) is 22.7 Å². The van der Waals surface area contributed by atoms with Crippen molar-refractivity contribution >= 4 is 23.5 Å². The lowest BCUT2D eigenvalue weighted by Gasteiger charge is -2.13. The maximum Gasteiger partial charge on any atom is 0.308 e. The Morgan fingerprint density at radius 3 is 2.41 bits per heavy atom. The van der Waals surface area contributed by atoms with Crippen molar-refractivity contribution in [3.8, 4) is 11.5 Å². The Hall–Kier alpha value is -4.13. The van der Waals surface area contributed by atoms with E-state index >= 15 is 0 Å². The summed E-state index contributed by atoms with van der Waals surface area (Å²) in [4.78, 5) is 36.2. The van der Waals surface area contributed by atoms with E-state index in [1.807, 2.05) is 42.5 Å². The number of esters is 1. The van der Waals surface area contributed by atoms with Crippen LogP contribution in [0.4, 0.5) is 5.69 Å². The second-order valence-corrected chi connectivity index (χ2v) is 7.04. The zero-order valence-electron chi connectivity index (χ0n) is 17.9. The quantitative estimate of drug-likeness (QED) is 0.418. The summed E-state index contributed by atoms with van der Waals surface area (Å²) in [5, 5.41) is 5.73. The fourth-order valence-electron chi connectivity index (χ4n) is 3.10. The number of methoxy groups -OCH3 is 1. The number of anilines is 1. The fraction of sp³-hybridized carbons (Fsp3) is 0.160. The monoisotopic (exact) mass is 432 g/mol. The topological polar surface area (TPSA) is 93.7 Å². The maximum atomic E-state index is 12.5. The third kappa shape index (κ3) is 6.43. The van der Waals surface area contributed by atoms with Crippen LogP contribution in [0, 0.1) is 0 Å². The lowest BCUT2D eigenvalue weighted by molar-refractivity contribution is -0.131. The summed E-state index contributed by atoms with van der Waals surface area (Å²) in [6.45, 7) is 1.51. The lowest BCUT2D eigenvalue weighted by atomic mass is 10.1. The van der Waals surface area contributed by atoms with Gasteiger partial charge in [-0.15, -0.1) is 0 Å². The van der Waals surface area contributed by atoms with Gasteiger partial charge in [-0.25, -0.2) is 0 Å². The number of rotatable bonds is 8. The molecule has 0 atom stereocenters.